The molecular formula is C14H23NO. The third-order valence-corrected chi connectivity index (χ3v) is 5.50. The van der Waals surface area contributed by atoms with Crippen molar-refractivity contribution in [3.63, 3.8) is 0 Å². The van der Waals surface area contributed by atoms with Crippen LogP contribution in [0.1, 0.15) is 38.5 Å². The zero-order chi connectivity index (χ0) is 10.5. The van der Waals surface area contributed by atoms with Crippen LogP contribution in [0.25, 0.3) is 0 Å². The van der Waals surface area contributed by atoms with Gasteiger partial charge in [0.1, 0.15) is 0 Å². The van der Waals surface area contributed by atoms with Gasteiger partial charge in [-0.2, -0.15) is 0 Å². The van der Waals surface area contributed by atoms with Gasteiger partial charge < -0.3 is 10.1 Å². The Hall–Kier alpha value is -0.0800. The molecule has 5 rings (SSSR count). The highest BCUT2D eigenvalue weighted by Crippen LogP contribution is 2.54. The van der Waals surface area contributed by atoms with Crippen LogP contribution in [0, 0.1) is 23.7 Å². The topological polar surface area (TPSA) is 21.3 Å². The summed E-state index contributed by atoms with van der Waals surface area (Å²) in [6, 6.07) is 0. The predicted octanol–water partition coefficient (Wildman–Crippen LogP) is 2.19. The molecule has 4 aliphatic carbocycles. The van der Waals surface area contributed by atoms with Crippen molar-refractivity contribution in [2.24, 2.45) is 23.7 Å². The Kier molecular flexibility index (Phi) is 2.29. The molecule has 2 nitrogen and oxygen atoms in total. The lowest BCUT2D eigenvalue weighted by Gasteiger charge is -2.54. The standard InChI is InChI=1S/C14H23NO/c1-2-15-8-13(1)16-14-11-4-9-3-10(6-11)7-12(14)5-9/h9-15H,1-8H2. The van der Waals surface area contributed by atoms with Crippen molar-refractivity contribution in [1.82, 2.24) is 5.32 Å². The fourth-order valence-corrected chi connectivity index (χ4v) is 5.06. The van der Waals surface area contributed by atoms with E-state index in [1.54, 1.807) is 6.42 Å². The minimum absolute atomic E-state index is 0.530. The van der Waals surface area contributed by atoms with Crippen LogP contribution in [0.3, 0.4) is 0 Å². The van der Waals surface area contributed by atoms with E-state index < -0.39 is 0 Å². The number of hydrogen-bond acceptors (Lipinski definition) is 2. The molecule has 1 N–H and O–H groups in total. The molecule has 1 heterocycles. The van der Waals surface area contributed by atoms with Gasteiger partial charge in [0.15, 0.2) is 0 Å². The molecule has 5 aliphatic rings. The van der Waals surface area contributed by atoms with Crippen LogP contribution in [0.5, 0.6) is 0 Å². The van der Waals surface area contributed by atoms with Crippen LogP contribution in [0.4, 0.5) is 0 Å². The molecule has 0 aromatic heterocycles. The fourth-order valence-electron chi connectivity index (χ4n) is 5.06. The Morgan fingerprint density at radius 3 is 2.12 bits per heavy atom. The lowest BCUT2D eigenvalue weighted by atomic mass is 9.55. The molecule has 0 radical (unpaired) electrons. The largest absolute Gasteiger partial charge is 0.373 e. The summed E-state index contributed by atoms with van der Waals surface area (Å²) in [6.45, 7) is 2.26. The molecule has 2 heteroatoms. The average molecular weight is 221 g/mol. The van der Waals surface area contributed by atoms with Crippen molar-refractivity contribution in [1.29, 1.82) is 0 Å². The van der Waals surface area contributed by atoms with Gasteiger partial charge in [-0.15, -0.1) is 0 Å². The smallest absolute Gasteiger partial charge is 0.0715 e. The SMILES string of the molecule is C1CC(OC2C3CC4CC(C3)CC2C4)CN1. The minimum atomic E-state index is 0.530. The van der Waals surface area contributed by atoms with Gasteiger partial charge in [0, 0.05) is 6.54 Å². The minimum Gasteiger partial charge on any atom is -0.373 e. The highest BCUT2D eigenvalue weighted by atomic mass is 16.5. The maximum absolute atomic E-state index is 6.43. The quantitative estimate of drug-likeness (QED) is 0.772. The van der Waals surface area contributed by atoms with Crippen LogP contribution >= 0.6 is 0 Å². The second-order valence-corrected chi connectivity index (χ2v) is 6.65. The monoisotopic (exact) mass is 221 g/mol. The Balaban J connectivity index is 1.47. The van der Waals surface area contributed by atoms with Crippen molar-refractivity contribution in [3.05, 3.63) is 0 Å². The molecule has 0 amide bonds. The van der Waals surface area contributed by atoms with E-state index in [1.807, 2.05) is 0 Å². The molecule has 90 valence electrons. The van der Waals surface area contributed by atoms with Crippen molar-refractivity contribution >= 4 is 0 Å². The van der Waals surface area contributed by atoms with E-state index in [4.69, 9.17) is 4.74 Å². The first-order valence-corrected chi connectivity index (χ1v) is 7.24. The van der Waals surface area contributed by atoms with Gasteiger partial charge in [-0.05, 0) is 68.7 Å². The summed E-state index contributed by atoms with van der Waals surface area (Å²) in [7, 11) is 0. The molecule has 0 aromatic rings. The van der Waals surface area contributed by atoms with Crippen LogP contribution in [0.2, 0.25) is 0 Å². The maximum Gasteiger partial charge on any atom is 0.0715 e. The zero-order valence-electron chi connectivity index (χ0n) is 10.0. The van der Waals surface area contributed by atoms with Crippen molar-refractivity contribution in [2.75, 3.05) is 13.1 Å². The normalized spacial score (nSPS) is 54.8. The maximum atomic E-state index is 6.43. The molecule has 5 fully saturated rings. The molecule has 1 atom stereocenters. The molecule has 1 saturated heterocycles. The van der Waals surface area contributed by atoms with E-state index in [9.17, 15) is 0 Å². The molecule has 0 aromatic carbocycles. The number of ether oxygens (including phenoxy) is 1. The lowest BCUT2D eigenvalue weighted by Crippen LogP contribution is -2.50. The molecule has 1 unspecified atom stereocenters. The highest BCUT2D eigenvalue weighted by molar-refractivity contribution is 4.99. The van der Waals surface area contributed by atoms with E-state index in [0.717, 1.165) is 36.8 Å². The average Bonchev–Trinajstić information content (AvgIpc) is 2.75. The highest BCUT2D eigenvalue weighted by Gasteiger charge is 2.49. The van der Waals surface area contributed by atoms with E-state index in [0.29, 0.717) is 12.2 Å². The molecule has 0 spiro atoms. The van der Waals surface area contributed by atoms with E-state index in [1.165, 1.54) is 32.1 Å². The fraction of sp³-hybridized carbons (Fsp3) is 1.00. The van der Waals surface area contributed by atoms with Crippen LogP contribution < -0.4 is 5.32 Å². The second kappa shape index (κ2) is 3.71. The summed E-state index contributed by atoms with van der Waals surface area (Å²) in [5, 5.41) is 3.42. The van der Waals surface area contributed by atoms with Gasteiger partial charge in [-0.3, -0.25) is 0 Å². The molecule has 4 bridgehead atoms. The van der Waals surface area contributed by atoms with Crippen LogP contribution in [0.15, 0.2) is 0 Å². The summed E-state index contributed by atoms with van der Waals surface area (Å²) < 4.78 is 6.43. The summed E-state index contributed by atoms with van der Waals surface area (Å²) >= 11 is 0. The predicted molar refractivity (Wildman–Crippen MR) is 63.2 cm³/mol. The molecule has 4 saturated carbocycles. The first kappa shape index (κ1) is 9.90. The van der Waals surface area contributed by atoms with E-state index >= 15 is 0 Å². The first-order chi connectivity index (χ1) is 7.88. The van der Waals surface area contributed by atoms with Gasteiger partial charge in [-0.25, -0.2) is 0 Å². The lowest BCUT2D eigenvalue weighted by molar-refractivity contribution is -0.146. The first-order valence-electron chi connectivity index (χ1n) is 7.24. The van der Waals surface area contributed by atoms with Crippen LogP contribution in [-0.2, 0) is 4.74 Å². The van der Waals surface area contributed by atoms with Gasteiger partial charge in [0.25, 0.3) is 0 Å². The Morgan fingerprint density at radius 2 is 1.56 bits per heavy atom. The number of nitrogens with one attached hydrogen (secondary N) is 1. The van der Waals surface area contributed by atoms with Crippen molar-refractivity contribution < 1.29 is 4.74 Å². The van der Waals surface area contributed by atoms with Crippen molar-refractivity contribution in [2.45, 2.75) is 50.7 Å². The number of hydrogen-bond donors (Lipinski definition) is 1. The third kappa shape index (κ3) is 1.53. The second-order valence-electron chi connectivity index (χ2n) is 6.65. The van der Waals surface area contributed by atoms with E-state index in [-0.39, 0.29) is 0 Å². The van der Waals surface area contributed by atoms with Crippen LogP contribution in [-0.4, -0.2) is 25.3 Å². The van der Waals surface area contributed by atoms with Gasteiger partial charge in [-0.1, -0.05) is 0 Å². The Bertz CT molecular complexity index is 244. The molecular weight excluding hydrogens is 198 g/mol. The number of rotatable bonds is 2. The molecule has 16 heavy (non-hydrogen) atoms. The zero-order valence-corrected chi connectivity index (χ0v) is 10.0. The van der Waals surface area contributed by atoms with Gasteiger partial charge in [0.2, 0.25) is 0 Å². The molecule has 1 aliphatic heterocycles. The van der Waals surface area contributed by atoms with Crippen molar-refractivity contribution in [3.8, 4) is 0 Å². The Morgan fingerprint density at radius 1 is 0.875 bits per heavy atom. The summed E-state index contributed by atoms with van der Waals surface area (Å²) in [6.07, 6.45) is 9.89. The summed E-state index contributed by atoms with van der Waals surface area (Å²) in [4.78, 5) is 0. The summed E-state index contributed by atoms with van der Waals surface area (Å²) in [5.41, 5.74) is 0. The summed E-state index contributed by atoms with van der Waals surface area (Å²) in [5.74, 6) is 4.00. The third-order valence-electron chi connectivity index (χ3n) is 5.50. The Labute approximate surface area is 98.1 Å². The van der Waals surface area contributed by atoms with E-state index in [2.05, 4.69) is 5.32 Å². The van der Waals surface area contributed by atoms with Gasteiger partial charge in [0.05, 0.1) is 12.2 Å². The van der Waals surface area contributed by atoms with Gasteiger partial charge >= 0.3 is 0 Å².